The number of para-hydroxylation sites is 1. The van der Waals surface area contributed by atoms with Crippen molar-refractivity contribution >= 4 is 29.7 Å². The van der Waals surface area contributed by atoms with Crippen molar-refractivity contribution in [2.24, 2.45) is 5.41 Å². The van der Waals surface area contributed by atoms with Crippen molar-refractivity contribution in [3.05, 3.63) is 120 Å². The molecule has 13 nitrogen and oxygen atoms in total. The van der Waals surface area contributed by atoms with E-state index < -0.39 is 53.7 Å². The van der Waals surface area contributed by atoms with Crippen LogP contribution >= 0.6 is 0 Å². The van der Waals surface area contributed by atoms with E-state index in [2.05, 4.69) is 21.0 Å². The van der Waals surface area contributed by atoms with E-state index in [1.807, 2.05) is 99.6 Å². The quantitative estimate of drug-likeness (QED) is 0.138. The number of cyclic esters (lactones) is 1. The van der Waals surface area contributed by atoms with Crippen molar-refractivity contribution in [1.29, 1.82) is 0 Å². The summed E-state index contributed by atoms with van der Waals surface area (Å²) in [6.45, 7) is 5.47. The van der Waals surface area contributed by atoms with Crippen LogP contribution in [0.3, 0.4) is 0 Å². The summed E-state index contributed by atoms with van der Waals surface area (Å²) in [6.07, 6.45) is -1.79. The summed E-state index contributed by atoms with van der Waals surface area (Å²) < 4.78 is 10.2. The van der Waals surface area contributed by atoms with Crippen molar-refractivity contribution in [1.82, 2.24) is 26.1 Å². The van der Waals surface area contributed by atoms with Crippen LogP contribution in [0, 0.1) is 5.41 Å². The molecule has 3 unspecified atom stereocenters. The third kappa shape index (κ3) is 10.6. The number of hydrogen-bond donors (Lipinski definition) is 4. The van der Waals surface area contributed by atoms with Gasteiger partial charge in [0.1, 0.15) is 6.04 Å². The van der Waals surface area contributed by atoms with Crippen molar-refractivity contribution in [2.75, 3.05) is 25.1 Å². The molecular formula is C40H46N6O7. The first kappa shape index (κ1) is 38.4. The topological polar surface area (TPSA) is 162 Å². The predicted molar refractivity (Wildman–Crippen MR) is 199 cm³/mol. The fraction of sp³-hybridized carbons (Fsp3) is 0.325. The summed E-state index contributed by atoms with van der Waals surface area (Å²) in [4.78, 5) is 58.2. The van der Waals surface area contributed by atoms with Crippen LogP contribution in [0.25, 0.3) is 11.3 Å². The molecule has 0 saturated carbocycles. The molecular weight excluding hydrogens is 676 g/mol. The molecule has 1 aliphatic heterocycles. The Morgan fingerprint density at radius 2 is 1.58 bits per heavy atom. The first-order chi connectivity index (χ1) is 25.4. The molecule has 1 aromatic heterocycles. The van der Waals surface area contributed by atoms with E-state index in [1.54, 1.807) is 35.5 Å². The molecule has 4 atom stereocenters. The van der Waals surface area contributed by atoms with Gasteiger partial charge in [-0.15, -0.1) is 0 Å². The van der Waals surface area contributed by atoms with Gasteiger partial charge < -0.3 is 25.2 Å². The standard InChI is InChI=1S/C40H46N6O7/c1-40(2,3)35(43-38(50)52-4)37(49)44-45(24-28-18-20-29(21-19-28)31-17-11-12-22-41-31)25-33(47)32(23-27-13-7-5-8-14-27)42-36(48)34-26-46(39(51)53-34)30-15-9-6-10-16-30/h5-22,32-35,47H,23-26H2,1-4H3,(H,42,48)(H,43,50)(H,44,49)/t32?,33-,34?,35?/m0/s1. The monoisotopic (exact) mass is 722 g/mol. The molecule has 0 radical (unpaired) electrons. The van der Waals surface area contributed by atoms with Gasteiger partial charge in [0.25, 0.3) is 11.8 Å². The van der Waals surface area contributed by atoms with Gasteiger partial charge in [0, 0.05) is 30.5 Å². The highest BCUT2D eigenvalue weighted by Crippen LogP contribution is 2.23. The highest BCUT2D eigenvalue weighted by Gasteiger charge is 2.39. The lowest BCUT2D eigenvalue weighted by Gasteiger charge is -2.34. The van der Waals surface area contributed by atoms with Crippen molar-refractivity contribution in [2.45, 2.75) is 58.0 Å². The van der Waals surface area contributed by atoms with Crippen LogP contribution in [-0.4, -0.2) is 83.6 Å². The van der Waals surface area contributed by atoms with Crippen molar-refractivity contribution < 1.29 is 33.8 Å². The largest absolute Gasteiger partial charge is 0.453 e. The number of hydrazine groups is 1. The number of hydrogen-bond acceptors (Lipinski definition) is 9. The molecule has 3 aromatic carbocycles. The molecule has 0 bridgehead atoms. The van der Waals surface area contributed by atoms with E-state index in [0.717, 1.165) is 22.4 Å². The average molecular weight is 723 g/mol. The zero-order valence-corrected chi connectivity index (χ0v) is 30.3. The smallest absolute Gasteiger partial charge is 0.415 e. The Morgan fingerprint density at radius 3 is 2.21 bits per heavy atom. The van der Waals surface area contributed by atoms with Crippen LogP contribution in [0.15, 0.2) is 109 Å². The van der Waals surface area contributed by atoms with Gasteiger partial charge in [-0.2, -0.15) is 0 Å². The van der Waals surface area contributed by atoms with E-state index in [4.69, 9.17) is 9.47 Å². The van der Waals surface area contributed by atoms with Crippen LogP contribution in [0.5, 0.6) is 0 Å². The number of anilines is 1. The molecule has 4 N–H and O–H groups in total. The van der Waals surface area contributed by atoms with E-state index >= 15 is 0 Å². The van der Waals surface area contributed by atoms with Crippen LogP contribution in [-0.2, 0) is 32.0 Å². The van der Waals surface area contributed by atoms with Gasteiger partial charge >= 0.3 is 12.2 Å². The minimum absolute atomic E-state index is 0.000890. The number of pyridine rings is 1. The summed E-state index contributed by atoms with van der Waals surface area (Å²) in [5.41, 5.74) is 6.17. The lowest BCUT2D eigenvalue weighted by molar-refractivity contribution is -0.133. The third-order valence-corrected chi connectivity index (χ3v) is 8.80. The maximum Gasteiger partial charge on any atom is 0.415 e. The number of alkyl carbamates (subject to hydrolysis) is 1. The van der Waals surface area contributed by atoms with E-state index in [0.29, 0.717) is 5.69 Å². The molecule has 5 rings (SSSR count). The van der Waals surface area contributed by atoms with E-state index in [9.17, 15) is 24.3 Å². The maximum absolute atomic E-state index is 13.8. The lowest BCUT2D eigenvalue weighted by atomic mass is 9.86. The Morgan fingerprint density at radius 1 is 0.925 bits per heavy atom. The maximum atomic E-state index is 13.8. The van der Waals surface area contributed by atoms with Gasteiger partial charge in [-0.3, -0.25) is 24.9 Å². The summed E-state index contributed by atoms with van der Waals surface area (Å²) in [5, 5.41) is 18.9. The number of aromatic nitrogens is 1. The number of benzene rings is 3. The molecule has 13 heteroatoms. The zero-order chi connectivity index (χ0) is 38.0. The molecule has 1 fully saturated rings. The van der Waals surface area contributed by atoms with Crippen LogP contribution < -0.4 is 21.0 Å². The Balaban J connectivity index is 1.38. The molecule has 0 aliphatic carbocycles. The van der Waals surface area contributed by atoms with E-state index in [-0.39, 0.29) is 26.1 Å². The summed E-state index contributed by atoms with van der Waals surface area (Å²) in [5.74, 6) is -1.09. The Labute approximate surface area is 309 Å². The number of rotatable bonds is 14. The molecule has 53 heavy (non-hydrogen) atoms. The normalized spacial score (nSPS) is 15.9. The number of carbonyl (C=O) groups is 4. The Hall–Kier alpha value is -5.79. The molecule has 4 aromatic rings. The predicted octanol–water partition coefficient (Wildman–Crippen LogP) is 4.47. The molecule has 278 valence electrons. The number of nitrogens with one attached hydrogen (secondary N) is 3. The van der Waals surface area contributed by atoms with Crippen molar-refractivity contribution in [3.63, 3.8) is 0 Å². The first-order valence-corrected chi connectivity index (χ1v) is 17.4. The van der Waals surface area contributed by atoms with Gasteiger partial charge in [-0.25, -0.2) is 14.6 Å². The fourth-order valence-electron chi connectivity index (χ4n) is 5.96. The average Bonchev–Trinajstić information content (AvgIpc) is 3.55. The van der Waals surface area contributed by atoms with Gasteiger partial charge in [-0.05, 0) is 47.2 Å². The van der Waals surface area contributed by atoms with Gasteiger partial charge in [0.2, 0.25) is 0 Å². The van der Waals surface area contributed by atoms with E-state index in [1.165, 1.54) is 12.0 Å². The molecule has 1 aliphatic rings. The number of ether oxygens (including phenoxy) is 2. The molecule has 4 amide bonds. The minimum Gasteiger partial charge on any atom is -0.453 e. The van der Waals surface area contributed by atoms with Crippen LogP contribution in [0.1, 0.15) is 31.9 Å². The fourth-order valence-corrected chi connectivity index (χ4v) is 5.96. The van der Waals surface area contributed by atoms with Gasteiger partial charge in [-0.1, -0.05) is 99.6 Å². The zero-order valence-electron chi connectivity index (χ0n) is 30.3. The van der Waals surface area contributed by atoms with Crippen molar-refractivity contribution in [3.8, 4) is 11.3 Å². The second kappa shape index (κ2) is 17.6. The SMILES string of the molecule is COC(=O)NC(C(=O)NN(Cc1ccc(-c2ccccn2)cc1)C[C@H](O)C(Cc1ccccc1)NC(=O)C1CN(c2ccccc2)C(=O)O1)C(C)(C)C. The minimum atomic E-state index is -1.23. The molecule has 1 saturated heterocycles. The number of aliphatic hydroxyl groups excluding tert-OH is 1. The molecule has 2 heterocycles. The van der Waals surface area contributed by atoms with Crippen LogP contribution in [0.2, 0.25) is 0 Å². The van der Waals surface area contributed by atoms with Crippen LogP contribution in [0.4, 0.5) is 15.3 Å². The number of aliphatic hydroxyl groups is 1. The third-order valence-electron chi connectivity index (χ3n) is 8.80. The Kier molecular flexibility index (Phi) is 12.8. The lowest BCUT2D eigenvalue weighted by Crippen LogP contribution is -2.59. The second-order valence-electron chi connectivity index (χ2n) is 13.9. The molecule has 0 spiro atoms. The number of amides is 4. The summed E-state index contributed by atoms with van der Waals surface area (Å²) >= 11 is 0. The summed E-state index contributed by atoms with van der Waals surface area (Å²) in [6, 6.07) is 29.7. The summed E-state index contributed by atoms with van der Waals surface area (Å²) in [7, 11) is 1.22. The highest BCUT2D eigenvalue weighted by molar-refractivity contribution is 5.95. The number of nitrogens with zero attached hydrogens (tertiary/aromatic N) is 3. The number of carbonyl (C=O) groups excluding carboxylic acids is 4. The second-order valence-corrected chi connectivity index (χ2v) is 13.9. The highest BCUT2D eigenvalue weighted by atomic mass is 16.6. The van der Waals surface area contributed by atoms with Gasteiger partial charge in [0.15, 0.2) is 6.10 Å². The number of methoxy groups -OCH3 is 1. The van der Waals surface area contributed by atoms with Gasteiger partial charge in [0.05, 0.1) is 31.5 Å². The first-order valence-electron chi connectivity index (χ1n) is 17.4. The Bertz CT molecular complexity index is 1820.